The van der Waals surface area contributed by atoms with Crippen LogP contribution >= 0.6 is 0 Å². The lowest BCUT2D eigenvalue weighted by Crippen LogP contribution is -2.32. The van der Waals surface area contributed by atoms with Crippen LogP contribution in [0.2, 0.25) is 0 Å². The minimum Gasteiger partial charge on any atom is -0.493 e. The van der Waals surface area contributed by atoms with E-state index in [4.69, 9.17) is 11.2 Å². The molecule has 0 N–H and O–H groups in total. The number of benzene rings is 2. The molecule has 0 saturated carbocycles. The molecule has 2 nitrogen and oxygen atoms in total. The Morgan fingerprint density at radius 1 is 1.09 bits per heavy atom. The Morgan fingerprint density at radius 2 is 1.96 bits per heavy atom. The van der Waals surface area contributed by atoms with Crippen LogP contribution in [-0.2, 0) is 19.4 Å². The van der Waals surface area contributed by atoms with Crippen molar-refractivity contribution in [2.24, 2.45) is 0 Å². The van der Waals surface area contributed by atoms with Crippen LogP contribution in [-0.4, -0.2) is 18.1 Å². The van der Waals surface area contributed by atoms with E-state index in [1.807, 2.05) is 0 Å². The number of nitrogens with zero attached hydrogens (tertiary/aromatic N) is 1. The summed E-state index contributed by atoms with van der Waals surface area (Å²) in [5.74, 6) is 3.81. The lowest BCUT2D eigenvalue weighted by Gasteiger charge is -2.34. The highest BCUT2D eigenvalue weighted by molar-refractivity contribution is 5.42. The molecule has 0 aliphatic carbocycles. The van der Waals surface area contributed by atoms with Gasteiger partial charge in [-0.1, -0.05) is 24.1 Å². The Kier molecular flexibility index (Phi) is 3.59. The maximum Gasteiger partial charge on any atom is 0.122 e. The maximum atomic E-state index is 5.72. The van der Waals surface area contributed by atoms with E-state index >= 15 is 0 Å². The molecule has 1 atom stereocenters. The molecule has 116 valence electrons. The van der Waals surface area contributed by atoms with E-state index in [1.54, 1.807) is 0 Å². The van der Waals surface area contributed by atoms with E-state index < -0.39 is 0 Å². The normalized spacial score (nSPS) is 17.7. The Hall–Kier alpha value is -2.24. The number of terminal acetylenes is 1. The van der Waals surface area contributed by atoms with Crippen LogP contribution in [0.5, 0.6) is 5.75 Å². The van der Waals surface area contributed by atoms with Crippen LogP contribution in [0.15, 0.2) is 36.4 Å². The van der Waals surface area contributed by atoms with Crippen molar-refractivity contribution in [1.82, 2.24) is 4.90 Å². The van der Waals surface area contributed by atoms with Crippen molar-refractivity contribution < 1.29 is 4.74 Å². The SMILES string of the molecule is C#Cc1ccc2c(c1)CCN(C(C)c1ccc3c(c1)OCC3)C2. The first kappa shape index (κ1) is 14.4. The predicted octanol–water partition coefficient (Wildman–Crippen LogP) is 3.72. The predicted molar refractivity (Wildman–Crippen MR) is 92.5 cm³/mol. The van der Waals surface area contributed by atoms with E-state index in [9.17, 15) is 0 Å². The number of hydrogen-bond donors (Lipinski definition) is 0. The molecule has 4 rings (SSSR count). The Bertz CT molecular complexity index is 787. The van der Waals surface area contributed by atoms with Gasteiger partial charge in [0.1, 0.15) is 5.75 Å². The van der Waals surface area contributed by atoms with Gasteiger partial charge >= 0.3 is 0 Å². The molecule has 2 aliphatic heterocycles. The average Bonchev–Trinajstić information content (AvgIpc) is 3.07. The fourth-order valence-corrected chi connectivity index (χ4v) is 3.65. The van der Waals surface area contributed by atoms with Gasteiger partial charge in [0.05, 0.1) is 6.61 Å². The number of hydrogen-bond acceptors (Lipinski definition) is 2. The highest BCUT2D eigenvalue weighted by Gasteiger charge is 2.23. The fourth-order valence-electron chi connectivity index (χ4n) is 3.65. The molecule has 0 saturated heterocycles. The van der Waals surface area contributed by atoms with Crippen LogP contribution in [0.3, 0.4) is 0 Å². The molecule has 2 heterocycles. The van der Waals surface area contributed by atoms with Gasteiger partial charge in [-0.05, 0) is 53.8 Å². The summed E-state index contributed by atoms with van der Waals surface area (Å²) in [5, 5.41) is 0. The third-order valence-electron chi connectivity index (χ3n) is 5.17. The third kappa shape index (κ3) is 2.62. The van der Waals surface area contributed by atoms with Crippen molar-refractivity contribution in [3.8, 4) is 18.1 Å². The van der Waals surface area contributed by atoms with Gasteiger partial charge in [0.2, 0.25) is 0 Å². The summed E-state index contributed by atoms with van der Waals surface area (Å²) in [6.45, 7) is 5.17. The Balaban J connectivity index is 1.56. The molecule has 2 heteroatoms. The molecule has 0 radical (unpaired) electrons. The van der Waals surface area contributed by atoms with Crippen molar-refractivity contribution in [3.63, 3.8) is 0 Å². The Morgan fingerprint density at radius 3 is 2.83 bits per heavy atom. The largest absolute Gasteiger partial charge is 0.493 e. The summed E-state index contributed by atoms with van der Waals surface area (Å²) in [6.07, 6.45) is 7.61. The number of ether oxygens (including phenoxy) is 1. The van der Waals surface area contributed by atoms with Gasteiger partial charge in [0.15, 0.2) is 0 Å². The second-order valence-electron chi connectivity index (χ2n) is 6.49. The minimum atomic E-state index is 0.393. The van der Waals surface area contributed by atoms with Crippen LogP contribution in [0.1, 0.15) is 40.8 Å². The molecule has 0 amide bonds. The molecule has 0 aromatic heterocycles. The van der Waals surface area contributed by atoms with Crippen molar-refractivity contribution in [2.45, 2.75) is 32.4 Å². The molecule has 0 bridgehead atoms. The molecule has 1 unspecified atom stereocenters. The lowest BCUT2D eigenvalue weighted by molar-refractivity contribution is 0.192. The number of fused-ring (bicyclic) bond motifs is 2. The van der Waals surface area contributed by atoms with E-state index in [0.29, 0.717) is 6.04 Å². The third-order valence-corrected chi connectivity index (χ3v) is 5.17. The van der Waals surface area contributed by atoms with Gasteiger partial charge < -0.3 is 4.74 Å². The summed E-state index contributed by atoms with van der Waals surface area (Å²) < 4.78 is 5.72. The summed E-state index contributed by atoms with van der Waals surface area (Å²) in [6, 6.07) is 13.5. The van der Waals surface area contributed by atoms with Crippen molar-refractivity contribution in [1.29, 1.82) is 0 Å². The van der Waals surface area contributed by atoms with Crippen molar-refractivity contribution >= 4 is 0 Å². The first-order chi connectivity index (χ1) is 11.2. The molecule has 2 aromatic rings. The van der Waals surface area contributed by atoms with E-state index in [-0.39, 0.29) is 0 Å². The molecule has 2 aliphatic rings. The van der Waals surface area contributed by atoms with Crippen LogP contribution in [0.4, 0.5) is 0 Å². The standard InChI is InChI=1S/C21H21NO/c1-3-16-4-5-20-14-22(10-8-19(20)12-16)15(2)18-7-6-17-9-11-23-21(17)13-18/h1,4-7,12-13,15H,8-11,14H2,2H3. The van der Waals surface area contributed by atoms with Gasteiger partial charge in [-0.2, -0.15) is 0 Å². The molecule has 2 aromatic carbocycles. The summed E-state index contributed by atoms with van der Waals surface area (Å²) >= 11 is 0. The lowest BCUT2D eigenvalue weighted by atomic mass is 9.95. The van der Waals surface area contributed by atoms with Crippen molar-refractivity contribution in [2.75, 3.05) is 13.2 Å². The van der Waals surface area contributed by atoms with Gasteiger partial charge in [-0.15, -0.1) is 6.42 Å². The van der Waals surface area contributed by atoms with E-state index in [1.165, 1.54) is 22.3 Å². The zero-order chi connectivity index (χ0) is 15.8. The van der Waals surface area contributed by atoms with Gasteiger partial charge in [-0.25, -0.2) is 0 Å². The average molecular weight is 303 g/mol. The molecular weight excluding hydrogens is 282 g/mol. The zero-order valence-corrected chi connectivity index (χ0v) is 13.5. The quantitative estimate of drug-likeness (QED) is 0.784. The Labute approximate surface area is 138 Å². The maximum absolute atomic E-state index is 5.72. The van der Waals surface area contributed by atoms with E-state index in [2.05, 4.69) is 54.1 Å². The summed E-state index contributed by atoms with van der Waals surface area (Å²) in [5.41, 5.74) is 6.47. The van der Waals surface area contributed by atoms with Crippen molar-refractivity contribution in [3.05, 3.63) is 64.2 Å². The van der Waals surface area contributed by atoms with Crippen LogP contribution < -0.4 is 4.74 Å². The molecule has 0 spiro atoms. The second kappa shape index (κ2) is 5.76. The number of rotatable bonds is 2. The minimum absolute atomic E-state index is 0.393. The second-order valence-corrected chi connectivity index (χ2v) is 6.49. The summed E-state index contributed by atoms with van der Waals surface area (Å²) in [4.78, 5) is 2.54. The van der Waals surface area contributed by atoms with E-state index in [0.717, 1.165) is 43.9 Å². The van der Waals surface area contributed by atoms with Crippen LogP contribution in [0, 0.1) is 12.3 Å². The van der Waals surface area contributed by atoms with Gasteiger partial charge in [-0.3, -0.25) is 4.90 Å². The first-order valence-electron chi connectivity index (χ1n) is 8.32. The van der Waals surface area contributed by atoms with Gasteiger partial charge in [0.25, 0.3) is 0 Å². The molecular formula is C21H21NO. The first-order valence-corrected chi connectivity index (χ1v) is 8.32. The smallest absolute Gasteiger partial charge is 0.122 e. The highest BCUT2D eigenvalue weighted by atomic mass is 16.5. The van der Waals surface area contributed by atoms with Gasteiger partial charge in [0, 0.05) is 31.1 Å². The molecule has 23 heavy (non-hydrogen) atoms. The molecule has 0 fully saturated rings. The zero-order valence-electron chi connectivity index (χ0n) is 13.5. The monoisotopic (exact) mass is 303 g/mol. The summed E-state index contributed by atoms with van der Waals surface area (Å²) in [7, 11) is 0. The highest BCUT2D eigenvalue weighted by Crippen LogP contribution is 2.33. The fraction of sp³-hybridized carbons (Fsp3) is 0.333. The topological polar surface area (TPSA) is 12.5 Å². The van der Waals surface area contributed by atoms with Crippen LogP contribution in [0.25, 0.3) is 0 Å².